The number of hydrogen-bond donors (Lipinski definition) is 0. The SMILES string of the molecule is COCCOCCC(CBr)(CBr)c1cccc(F)c1. The molecular weight excluding hydrogens is 379 g/mol. The quantitative estimate of drug-likeness (QED) is 0.464. The van der Waals surface area contributed by atoms with Crippen LogP contribution in [-0.4, -0.2) is 37.6 Å². The molecule has 0 fully saturated rings. The fourth-order valence-electron chi connectivity index (χ4n) is 1.80. The summed E-state index contributed by atoms with van der Waals surface area (Å²) in [6, 6.07) is 6.76. The molecule has 1 aromatic carbocycles. The molecule has 2 nitrogen and oxygen atoms in total. The van der Waals surface area contributed by atoms with Crippen LogP contribution in [0.5, 0.6) is 0 Å². The van der Waals surface area contributed by atoms with E-state index in [-0.39, 0.29) is 11.2 Å². The average Bonchev–Trinajstić information content (AvgIpc) is 2.43. The zero-order chi connectivity index (χ0) is 14.1. The molecule has 0 amide bonds. The van der Waals surface area contributed by atoms with Gasteiger partial charge < -0.3 is 9.47 Å². The molecule has 0 aromatic heterocycles. The van der Waals surface area contributed by atoms with E-state index in [0.29, 0.717) is 19.8 Å². The second-order valence-electron chi connectivity index (χ2n) is 4.41. The maximum atomic E-state index is 13.4. The number of ether oxygens (including phenoxy) is 2. The van der Waals surface area contributed by atoms with Crippen molar-refractivity contribution in [1.29, 1.82) is 0 Å². The lowest BCUT2D eigenvalue weighted by molar-refractivity contribution is 0.0635. The molecule has 0 spiro atoms. The summed E-state index contributed by atoms with van der Waals surface area (Å²) < 4.78 is 23.8. The molecule has 1 rings (SSSR count). The van der Waals surface area contributed by atoms with Gasteiger partial charge in [-0.25, -0.2) is 4.39 Å². The topological polar surface area (TPSA) is 18.5 Å². The molecule has 1 aromatic rings. The van der Waals surface area contributed by atoms with E-state index >= 15 is 0 Å². The summed E-state index contributed by atoms with van der Waals surface area (Å²) in [5.74, 6) is -0.205. The summed E-state index contributed by atoms with van der Waals surface area (Å²) in [5.41, 5.74) is 0.825. The van der Waals surface area contributed by atoms with Crippen molar-refractivity contribution >= 4 is 31.9 Å². The van der Waals surface area contributed by atoms with E-state index in [2.05, 4.69) is 31.9 Å². The highest BCUT2D eigenvalue weighted by Crippen LogP contribution is 2.32. The van der Waals surface area contributed by atoms with Crippen molar-refractivity contribution in [3.05, 3.63) is 35.6 Å². The number of halogens is 3. The van der Waals surface area contributed by atoms with Crippen LogP contribution in [0.15, 0.2) is 24.3 Å². The van der Waals surface area contributed by atoms with E-state index in [0.717, 1.165) is 22.6 Å². The maximum absolute atomic E-state index is 13.4. The van der Waals surface area contributed by atoms with Crippen LogP contribution in [0.4, 0.5) is 4.39 Å². The number of rotatable bonds is 9. The molecule has 0 heterocycles. The van der Waals surface area contributed by atoms with Gasteiger partial charge in [0.15, 0.2) is 0 Å². The van der Waals surface area contributed by atoms with E-state index < -0.39 is 0 Å². The largest absolute Gasteiger partial charge is 0.382 e. The number of benzene rings is 1. The van der Waals surface area contributed by atoms with Crippen LogP contribution in [0.3, 0.4) is 0 Å². The van der Waals surface area contributed by atoms with Gasteiger partial charge in [-0.2, -0.15) is 0 Å². The standard InChI is InChI=1S/C14H19Br2FO2/c1-18-7-8-19-6-5-14(10-15,11-16)12-3-2-4-13(17)9-12/h2-4,9H,5-8,10-11H2,1H3. The third kappa shape index (κ3) is 5.14. The van der Waals surface area contributed by atoms with Gasteiger partial charge in [-0.05, 0) is 24.1 Å². The fraction of sp³-hybridized carbons (Fsp3) is 0.571. The number of alkyl halides is 2. The summed E-state index contributed by atoms with van der Waals surface area (Å²) >= 11 is 7.09. The minimum Gasteiger partial charge on any atom is -0.382 e. The summed E-state index contributed by atoms with van der Waals surface area (Å²) in [4.78, 5) is 0. The molecule has 0 radical (unpaired) electrons. The summed E-state index contributed by atoms with van der Waals surface area (Å²) in [5, 5.41) is 1.50. The van der Waals surface area contributed by atoms with Crippen LogP contribution >= 0.6 is 31.9 Å². The Morgan fingerprint density at radius 3 is 2.47 bits per heavy atom. The second-order valence-corrected chi connectivity index (χ2v) is 5.53. The van der Waals surface area contributed by atoms with Gasteiger partial charge in [-0.1, -0.05) is 44.0 Å². The Kier molecular flexibility index (Phi) is 8.14. The molecule has 0 aliphatic carbocycles. The van der Waals surface area contributed by atoms with Crippen LogP contribution in [-0.2, 0) is 14.9 Å². The third-order valence-corrected chi connectivity index (χ3v) is 5.25. The van der Waals surface area contributed by atoms with Crippen LogP contribution in [0.1, 0.15) is 12.0 Å². The molecule has 0 atom stereocenters. The Bertz CT molecular complexity index is 370. The molecule has 0 unspecified atom stereocenters. The summed E-state index contributed by atoms with van der Waals surface area (Å²) in [7, 11) is 1.65. The van der Waals surface area contributed by atoms with Gasteiger partial charge in [0.05, 0.1) is 13.2 Å². The van der Waals surface area contributed by atoms with Crippen molar-refractivity contribution in [1.82, 2.24) is 0 Å². The van der Waals surface area contributed by atoms with Gasteiger partial charge in [0.25, 0.3) is 0 Å². The molecular formula is C14H19Br2FO2. The molecule has 0 N–H and O–H groups in total. The normalized spacial score (nSPS) is 11.8. The lowest BCUT2D eigenvalue weighted by Crippen LogP contribution is -2.32. The van der Waals surface area contributed by atoms with Gasteiger partial charge in [0, 0.05) is 29.8 Å². The molecule has 0 aliphatic rings. The first-order chi connectivity index (χ1) is 9.18. The molecule has 19 heavy (non-hydrogen) atoms. The van der Waals surface area contributed by atoms with E-state index in [1.165, 1.54) is 6.07 Å². The monoisotopic (exact) mass is 396 g/mol. The minimum absolute atomic E-state index is 0.158. The van der Waals surface area contributed by atoms with Crippen molar-refractivity contribution in [3.8, 4) is 0 Å². The smallest absolute Gasteiger partial charge is 0.123 e. The molecule has 5 heteroatoms. The number of methoxy groups -OCH3 is 1. The molecule has 0 saturated heterocycles. The van der Waals surface area contributed by atoms with E-state index in [1.54, 1.807) is 19.2 Å². The Labute approximate surface area is 130 Å². The van der Waals surface area contributed by atoms with E-state index in [4.69, 9.17) is 9.47 Å². The predicted octanol–water partition coefficient (Wildman–Crippen LogP) is 3.91. The zero-order valence-corrected chi connectivity index (χ0v) is 14.2. The van der Waals surface area contributed by atoms with Crippen LogP contribution in [0.2, 0.25) is 0 Å². The van der Waals surface area contributed by atoms with Gasteiger partial charge in [0.1, 0.15) is 5.82 Å². The van der Waals surface area contributed by atoms with Crippen molar-refractivity contribution < 1.29 is 13.9 Å². The fourth-order valence-corrected chi connectivity index (χ4v) is 3.93. The van der Waals surface area contributed by atoms with Crippen molar-refractivity contribution in [3.63, 3.8) is 0 Å². The Morgan fingerprint density at radius 2 is 1.89 bits per heavy atom. The first-order valence-corrected chi connectivity index (χ1v) is 8.37. The van der Waals surface area contributed by atoms with E-state index in [1.807, 2.05) is 6.07 Å². The molecule has 0 bridgehead atoms. The lowest BCUT2D eigenvalue weighted by atomic mass is 9.81. The molecule has 0 aliphatic heterocycles. The van der Waals surface area contributed by atoms with E-state index in [9.17, 15) is 4.39 Å². The second kappa shape index (κ2) is 9.06. The van der Waals surface area contributed by atoms with Crippen LogP contribution < -0.4 is 0 Å². The van der Waals surface area contributed by atoms with Gasteiger partial charge in [0.2, 0.25) is 0 Å². The predicted molar refractivity (Wildman–Crippen MR) is 83.0 cm³/mol. The average molecular weight is 398 g/mol. The van der Waals surface area contributed by atoms with Crippen molar-refractivity contribution in [2.75, 3.05) is 37.6 Å². The minimum atomic E-state index is -0.205. The molecule has 108 valence electrons. The Balaban J connectivity index is 2.68. The Hall–Kier alpha value is 0.0300. The van der Waals surface area contributed by atoms with Gasteiger partial charge >= 0.3 is 0 Å². The first-order valence-electron chi connectivity index (χ1n) is 6.13. The maximum Gasteiger partial charge on any atom is 0.123 e. The third-order valence-electron chi connectivity index (χ3n) is 3.11. The first kappa shape index (κ1) is 17.1. The van der Waals surface area contributed by atoms with Gasteiger partial charge in [-0.15, -0.1) is 0 Å². The Morgan fingerprint density at radius 1 is 1.16 bits per heavy atom. The highest BCUT2D eigenvalue weighted by molar-refractivity contribution is 9.09. The summed E-state index contributed by atoms with van der Waals surface area (Å²) in [6.07, 6.45) is 0.816. The number of hydrogen-bond acceptors (Lipinski definition) is 2. The van der Waals surface area contributed by atoms with Gasteiger partial charge in [-0.3, -0.25) is 0 Å². The lowest BCUT2D eigenvalue weighted by Gasteiger charge is -2.30. The summed E-state index contributed by atoms with van der Waals surface area (Å²) in [6.45, 7) is 1.80. The zero-order valence-electron chi connectivity index (χ0n) is 11.0. The molecule has 0 saturated carbocycles. The van der Waals surface area contributed by atoms with Crippen LogP contribution in [0.25, 0.3) is 0 Å². The highest BCUT2D eigenvalue weighted by atomic mass is 79.9. The van der Waals surface area contributed by atoms with Crippen molar-refractivity contribution in [2.45, 2.75) is 11.8 Å². The highest BCUT2D eigenvalue weighted by Gasteiger charge is 2.30. The van der Waals surface area contributed by atoms with Crippen molar-refractivity contribution in [2.24, 2.45) is 0 Å². The van der Waals surface area contributed by atoms with Crippen LogP contribution in [0, 0.1) is 5.82 Å².